The molecular formula is C16H15NO2. The second-order valence-corrected chi connectivity index (χ2v) is 4.85. The van der Waals surface area contributed by atoms with E-state index in [1.807, 2.05) is 50.2 Å². The molecule has 0 atom stereocenters. The standard InChI is InChI=1S/C16H15NO2/c1-10-4-6-12-13-7-5-11(2)9-15(13)17(19-3)16(18)14(12)8-10/h4-9H,1-3H3. The molecule has 0 aliphatic carbocycles. The zero-order valence-electron chi connectivity index (χ0n) is 11.2. The van der Waals surface area contributed by atoms with Gasteiger partial charge in [0, 0.05) is 5.39 Å². The van der Waals surface area contributed by atoms with Crippen molar-refractivity contribution in [3.8, 4) is 0 Å². The second kappa shape index (κ2) is 4.12. The molecule has 0 N–H and O–H groups in total. The summed E-state index contributed by atoms with van der Waals surface area (Å²) in [5, 5.41) is 2.69. The summed E-state index contributed by atoms with van der Waals surface area (Å²) < 4.78 is 1.37. The van der Waals surface area contributed by atoms with Gasteiger partial charge in [-0.25, -0.2) is 0 Å². The number of hydrogen-bond acceptors (Lipinski definition) is 2. The Morgan fingerprint density at radius 3 is 2.21 bits per heavy atom. The normalized spacial score (nSPS) is 11.1. The molecule has 0 fully saturated rings. The van der Waals surface area contributed by atoms with Gasteiger partial charge in [-0.1, -0.05) is 29.8 Å². The Morgan fingerprint density at radius 2 is 1.53 bits per heavy atom. The molecule has 3 aromatic rings. The van der Waals surface area contributed by atoms with Crippen molar-refractivity contribution in [3.63, 3.8) is 0 Å². The number of fused-ring (bicyclic) bond motifs is 3. The molecule has 1 aromatic heterocycles. The van der Waals surface area contributed by atoms with Crippen LogP contribution in [0.25, 0.3) is 21.7 Å². The highest BCUT2D eigenvalue weighted by Gasteiger charge is 2.11. The van der Waals surface area contributed by atoms with Crippen molar-refractivity contribution in [1.82, 2.24) is 4.73 Å². The van der Waals surface area contributed by atoms with Gasteiger partial charge in [-0.15, -0.1) is 4.73 Å². The lowest BCUT2D eigenvalue weighted by Crippen LogP contribution is -2.25. The van der Waals surface area contributed by atoms with Gasteiger partial charge in [-0.05, 0) is 36.9 Å². The Balaban J connectivity index is 2.64. The number of rotatable bonds is 1. The molecule has 0 saturated carbocycles. The van der Waals surface area contributed by atoms with Crippen LogP contribution in [0.5, 0.6) is 0 Å². The van der Waals surface area contributed by atoms with Gasteiger partial charge < -0.3 is 4.84 Å². The van der Waals surface area contributed by atoms with Crippen LogP contribution in [0.4, 0.5) is 0 Å². The minimum Gasteiger partial charge on any atom is -0.413 e. The summed E-state index contributed by atoms with van der Waals surface area (Å²) in [6.45, 7) is 3.98. The summed E-state index contributed by atoms with van der Waals surface area (Å²) in [5.74, 6) is 0. The highest BCUT2D eigenvalue weighted by atomic mass is 16.6. The lowest BCUT2D eigenvalue weighted by atomic mass is 10.0. The van der Waals surface area contributed by atoms with Crippen LogP contribution in [-0.4, -0.2) is 11.8 Å². The van der Waals surface area contributed by atoms with Gasteiger partial charge in [0.05, 0.1) is 10.9 Å². The summed E-state index contributed by atoms with van der Waals surface area (Å²) >= 11 is 0. The summed E-state index contributed by atoms with van der Waals surface area (Å²) in [4.78, 5) is 17.7. The largest absolute Gasteiger partial charge is 0.413 e. The summed E-state index contributed by atoms with van der Waals surface area (Å²) in [7, 11) is 1.52. The van der Waals surface area contributed by atoms with Crippen molar-refractivity contribution in [2.75, 3.05) is 7.11 Å². The monoisotopic (exact) mass is 253 g/mol. The first kappa shape index (κ1) is 11.8. The van der Waals surface area contributed by atoms with Gasteiger partial charge in [-0.3, -0.25) is 4.79 Å². The molecule has 0 amide bonds. The molecule has 0 saturated heterocycles. The van der Waals surface area contributed by atoms with Crippen molar-refractivity contribution in [2.24, 2.45) is 0 Å². The minimum atomic E-state index is -0.112. The quantitative estimate of drug-likeness (QED) is 0.624. The number of aryl methyl sites for hydroxylation is 2. The molecule has 3 nitrogen and oxygen atoms in total. The maximum Gasteiger partial charge on any atom is 0.291 e. The summed E-state index contributed by atoms with van der Waals surface area (Å²) in [6.07, 6.45) is 0. The topological polar surface area (TPSA) is 31.2 Å². The maximum atomic E-state index is 12.5. The van der Waals surface area contributed by atoms with E-state index in [1.165, 1.54) is 11.8 Å². The SMILES string of the molecule is COn1c(=O)c2cc(C)ccc2c2ccc(C)cc21. The molecule has 0 aliphatic rings. The summed E-state index contributed by atoms with van der Waals surface area (Å²) in [6, 6.07) is 12.0. The molecule has 0 aliphatic heterocycles. The van der Waals surface area contributed by atoms with Gasteiger partial charge >= 0.3 is 0 Å². The lowest BCUT2D eigenvalue weighted by Gasteiger charge is -2.12. The third-order valence-corrected chi connectivity index (χ3v) is 3.43. The molecule has 96 valence electrons. The van der Waals surface area contributed by atoms with Crippen LogP contribution in [0.1, 0.15) is 11.1 Å². The predicted molar refractivity (Wildman–Crippen MR) is 77.7 cm³/mol. The first-order chi connectivity index (χ1) is 9.11. The number of pyridine rings is 1. The zero-order chi connectivity index (χ0) is 13.6. The van der Waals surface area contributed by atoms with Crippen LogP contribution in [0.3, 0.4) is 0 Å². The fourth-order valence-electron chi connectivity index (χ4n) is 2.51. The summed E-state index contributed by atoms with van der Waals surface area (Å²) in [5.41, 5.74) is 2.87. The molecule has 0 radical (unpaired) electrons. The van der Waals surface area contributed by atoms with E-state index < -0.39 is 0 Å². The van der Waals surface area contributed by atoms with E-state index in [0.717, 1.165) is 27.4 Å². The maximum absolute atomic E-state index is 12.5. The van der Waals surface area contributed by atoms with E-state index in [0.29, 0.717) is 5.39 Å². The van der Waals surface area contributed by atoms with Crippen LogP contribution in [-0.2, 0) is 0 Å². The van der Waals surface area contributed by atoms with E-state index in [2.05, 4.69) is 0 Å². The van der Waals surface area contributed by atoms with E-state index in [-0.39, 0.29) is 5.56 Å². The molecule has 0 unspecified atom stereocenters. The lowest BCUT2D eigenvalue weighted by molar-refractivity contribution is 0.170. The molecule has 1 heterocycles. The van der Waals surface area contributed by atoms with Crippen molar-refractivity contribution < 1.29 is 4.84 Å². The number of aromatic nitrogens is 1. The Hall–Kier alpha value is -2.29. The van der Waals surface area contributed by atoms with E-state index in [9.17, 15) is 4.79 Å². The average molecular weight is 253 g/mol. The number of benzene rings is 2. The van der Waals surface area contributed by atoms with E-state index in [1.54, 1.807) is 0 Å². The minimum absolute atomic E-state index is 0.112. The van der Waals surface area contributed by atoms with Crippen molar-refractivity contribution >= 4 is 21.7 Å². The Bertz CT molecular complexity index is 847. The van der Waals surface area contributed by atoms with E-state index >= 15 is 0 Å². The highest BCUT2D eigenvalue weighted by molar-refractivity contribution is 6.05. The molecular weight excluding hydrogens is 238 g/mol. The van der Waals surface area contributed by atoms with Gasteiger partial charge in [0.1, 0.15) is 7.11 Å². The van der Waals surface area contributed by atoms with Crippen LogP contribution < -0.4 is 10.4 Å². The molecule has 0 bridgehead atoms. The van der Waals surface area contributed by atoms with Crippen LogP contribution >= 0.6 is 0 Å². The first-order valence-corrected chi connectivity index (χ1v) is 6.22. The van der Waals surface area contributed by atoms with Gasteiger partial charge in [0.15, 0.2) is 0 Å². The third kappa shape index (κ3) is 1.70. The number of hydrogen-bond donors (Lipinski definition) is 0. The van der Waals surface area contributed by atoms with Gasteiger partial charge in [-0.2, -0.15) is 0 Å². The second-order valence-electron chi connectivity index (χ2n) is 4.85. The predicted octanol–water partition coefficient (Wildman–Crippen LogP) is 2.83. The third-order valence-electron chi connectivity index (χ3n) is 3.43. The Kier molecular flexibility index (Phi) is 2.56. The van der Waals surface area contributed by atoms with Gasteiger partial charge in [0.25, 0.3) is 5.56 Å². The first-order valence-electron chi connectivity index (χ1n) is 6.22. The number of nitrogens with zero attached hydrogens (tertiary/aromatic N) is 1. The van der Waals surface area contributed by atoms with Gasteiger partial charge in [0.2, 0.25) is 0 Å². The fourth-order valence-corrected chi connectivity index (χ4v) is 2.51. The molecule has 0 spiro atoms. The van der Waals surface area contributed by atoms with E-state index in [4.69, 9.17) is 4.84 Å². The smallest absolute Gasteiger partial charge is 0.291 e. The molecule has 19 heavy (non-hydrogen) atoms. The van der Waals surface area contributed by atoms with Crippen LogP contribution in [0.2, 0.25) is 0 Å². The Morgan fingerprint density at radius 1 is 0.895 bits per heavy atom. The molecule has 2 aromatic carbocycles. The zero-order valence-corrected chi connectivity index (χ0v) is 11.2. The fraction of sp³-hybridized carbons (Fsp3) is 0.188. The van der Waals surface area contributed by atoms with Crippen LogP contribution in [0.15, 0.2) is 41.2 Å². The Labute approximate surface area is 111 Å². The molecule has 3 heteroatoms. The van der Waals surface area contributed by atoms with Crippen molar-refractivity contribution in [2.45, 2.75) is 13.8 Å². The van der Waals surface area contributed by atoms with Crippen LogP contribution in [0, 0.1) is 13.8 Å². The average Bonchev–Trinajstić information content (AvgIpc) is 2.39. The molecule has 3 rings (SSSR count). The highest BCUT2D eigenvalue weighted by Crippen LogP contribution is 2.24. The van der Waals surface area contributed by atoms with Crippen molar-refractivity contribution in [3.05, 3.63) is 57.9 Å². The van der Waals surface area contributed by atoms with Crippen molar-refractivity contribution in [1.29, 1.82) is 0 Å².